The lowest BCUT2D eigenvalue weighted by atomic mass is 10.2. The second-order valence-corrected chi connectivity index (χ2v) is 5.67. The molecule has 1 heterocycles. The third kappa shape index (κ3) is 4.06. The first-order valence-corrected chi connectivity index (χ1v) is 7.44. The van der Waals surface area contributed by atoms with Crippen LogP contribution in [0, 0.1) is 5.82 Å². The Morgan fingerprint density at radius 2 is 2.09 bits per heavy atom. The minimum atomic E-state index is -0.521. The standard InChI is InChI=1S/C16H20FN3O3/c1-19(2)16(23)13-7-4-8-20(13)14(21)10-18-15(22)11-5-3-6-12(17)9-11/h3,5-6,9,13H,4,7-8,10H2,1-2H3,(H,18,22). The summed E-state index contributed by atoms with van der Waals surface area (Å²) in [6.07, 6.45) is 1.38. The van der Waals surface area contributed by atoms with Crippen molar-refractivity contribution in [3.8, 4) is 0 Å². The van der Waals surface area contributed by atoms with Crippen LogP contribution >= 0.6 is 0 Å². The highest BCUT2D eigenvalue weighted by Gasteiger charge is 2.34. The lowest BCUT2D eigenvalue weighted by molar-refractivity contribution is -0.141. The van der Waals surface area contributed by atoms with Gasteiger partial charge >= 0.3 is 0 Å². The SMILES string of the molecule is CN(C)C(=O)C1CCCN1C(=O)CNC(=O)c1cccc(F)c1. The smallest absolute Gasteiger partial charge is 0.251 e. The van der Waals surface area contributed by atoms with Crippen molar-refractivity contribution in [1.82, 2.24) is 15.1 Å². The first-order chi connectivity index (χ1) is 10.9. The molecule has 0 radical (unpaired) electrons. The van der Waals surface area contributed by atoms with E-state index in [0.717, 1.165) is 12.5 Å². The summed E-state index contributed by atoms with van der Waals surface area (Å²) in [6.45, 7) is 0.283. The molecule has 0 saturated carbocycles. The van der Waals surface area contributed by atoms with E-state index < -0.39 is 17.8 Å². The fraction of sp³-hybridized carbons (Fsp3) is 0.438. The molecule has 1 saturated heterocycles. The third-order valence-electron chi connectivity index (χ3n) is 3.79. The predicted molar refractivity (Wildman–Crippen MR) is 82.2 cm³/mol. The highest BCUT2D eigenvalue weighted by Crippen LogP contribution is 2.18. The molecule has 2 rings (SSSR count). The summed E-state index contributed by atoms with van der Waals surface area (Å²) in [4.78, 5) is 39.2. The van der Waals surface area contributed by atoms with Crippen LogP contribution in [0.5, 0.6) is 0 Å². The molecule has 1 aliphatic heterocycles. The van der Waals surface area contributed by atoms with Crippen LogP contribution < -0.4 is 5.32 Å². The van der Waals surface area contributed by atoms with E-state index in [1.54, 1.807) is 14.1 Å². The quantitative estimate of drug-likeness (QED) is 0.884. The van der Waals surface area contributed by atoms with E-state index in [4.69, 9.17) is 0 Å². The lowest BCUT2D eigenvalue weighted by Gasteiger charge is -2.26. The molecule has 3 amide bonds. The monoisotopic (exact) mass is 321 g/mol. The van der Waals surface area contributed by atoms with E-state index in [2.05, 4.69) is 5.32 Å². The van der Waals surface area contributed by atoms with Crippen molar-refractivity contribution in [3.63, 3.8) is 0 Å². The van der Waals surface area contributed by atoms with Crippen LogP contribution in [0.15, 0.2) is 24.3 Å². The Labute approximate surface area is 134 Å². The van der Waals surface area contributed by atoms with E-state index in [-0.39, 0.29) is 23.9 Å². The Hall–Kier alpha value is -2.44. The number of likely N-dealkylation sites (tertiary alicyclic amines) is 1. The van der Waals surface area contributed by atoms with Gasteiger partial charge in [0.1, 0.15) is 11.9 Å². The van der Waals surface area contributed by atoms with Crippen molar-refractivity contribution in [3.05, 3.63) is 35.6 Å². The zero-order valence-electron chi connectivity index (χ0n) is 13.2. The van der Waals surface area contributed by atoms with Crippen LogP contribution in [0.2, 0.25) is 0 Å². The van der Waals surface area contributed by atoms with E-state index >= 15 is 0 Å². The van der Waals surface area contributed by atoms with Gasteiger partial charge in [-0.15, -0.1) is 0 Å². The number of carbonyl (C=O) groups excluding carboxylic acids is 3. The van der Waals surface area contributed by atoms with Crippen LogP contribution in [0.4, 0.5) is 4.39 Å². The lowest BCUT2D eigenvalue weighted by Crippen LogP contribution is -2.48. The second-order valence-electron chi connectivity index (χ2n) is 5.67. The molecule has 1 fully saturated rings. The summed E-state index contributed by atoms with van der Waals surface area (Å²) in [5.74, 6) is -1.47. The summed E-state index contributed by atoms with van der Waals surface area (Å²) in [5.41, 5.74) is 0.153. The van der Waals surface area contributed by atoms with Crippen molar-refractivity contribution >= 4 is 17.7 Å². The maximum Gasteiger partial charge on any atom is 0.251 e. The van der Waals surface area contributed by atoms with Gasteiger partial charge in [0.05, 0.1) is 6.54 Å². The van der Waals surface area contributed by atoms with E-state index in [0.29, 0.717) is 13.0 Å². The number of rotatable bonds is 4. The number of carbonyl (C=O) groups is 3. The largest absolute Gasteiger partial charge is 0.347 e. The number of likely N-dealkylation sites (N-methyl/N-ethyl adjacent to an activating group) is 1. The van der Waals surface area contributed by atoms with Gasteiger partial charge in [0.2, 0.25) is 11.8 Å². The minimum Gasteiger partial charge on any atom is -0.347 e. The van der Waals surface area contributed by atoms with Crippen molar-refractivity contribution in [2.75, 3.05) is 27.2 Å². The molecule has 1 N–H and O–H groups in total. The van der Waals surface area contributed by atoms with E-state index in [1.165, 1.54) is 28.0 Å². The van der Waals surface area contributed by atoms with Crippen LogP contribution in [0.3, 0.4) is 0 Å². The summed E-state index contributed by atoms with van der Waals surface area (Å²) in [7, 11) is 3.30. The number of nitrogens with zero attached hydrogens (tertiary/aromatic N) is 2. The number of nitrogens with one attached hydrogen (secondary N) is 1. The Morgan fingerprint density at radius 3 is 2.74 bits per heavy atom. The number of amides is 3. The Kier molecular flexibility index (Phi) is 5.31. The fourth-order valence-electron chi connectivity index (χ4n) is 2.61. The van der Waals surface area contributed by atoms with Crippen molar-refractivity contribution < 1.29 is 18.8 Å². The molecule has 1 atom stereocenters. The van der Waals surface area contributed by atoms with Gasteiger partial charge in [-0.2, -0.15) is 0 Å². The Morgan fingerprint density at radius 1 is 1.35 bits per heavy atom. The molecule has 124 valence electrons. The van der Waals surface area contributed by atoms with Crippen LogP contribution in [0.1, 0.15) is 23.2 Å². The average Bonchev–Trinajstić information content (AvgIpc) is 3.00. The molecule has 1 aromatic rings. The zero-order chi connectivity index (χ0) is 17.0. The highest BCUT2D eigenvalue weighted by molar-refractivity contribution is 5.97. The topological polar surface area (TPSA) is 69.7 Å². The summed E-state index contributed by atoms with van der Waals surface area (Å²) < 4.78 is 13.1. The van der Waals surface area contributed by atoms with Gasteiger partial charge in [-0.3, -0.25) is 14.4 Å². The number of hydrogen-bond acceptors (Lipinski definition) is 3. The molecule has 0 bridgehead atoms. The van der Waals surface area contributed by atoms with Gasteiger partial charge in [0, 0.05) is 26.2 Å². The molecule has 0 aromatic heterocycles. The number of hydrogen-bond donors (Lipinski definition) is 1. The van der Waals surface area contributed by atoms with Gasteiger partial charge in [-0.1, -0.05) is 6.07 Å². The van der Waals surface area contributed by atoms with Gasteiger partial charge < -0.3 is 15.1 Å². The van der Waals surface area contributed by atoms with Gasteiger partial charge in [0.25, 0.3) is 5.91 Å². The zero-order valence-corrected chi connectivity index (χ0v) is 13.2. The molecule has 1 aliphatic rings. The molecule has 23 heavy (non-hydrogen) atoms. The molecular weight excluding hydrogens is 301 g/mol. The molecule has 7 heteroatoms. The van der Waals surface area contributed by atoms with Crippen molar-refractivity contribution in [2.24, 2.45) is 0 Å². The van der Waals surface area contributed by atoms with Gasteiger partial charge in [-0.25, -0.2) is 4.39 Å². The van der Waals surface area contributed by atoms with Gasteiger partial charge in [-0.05, 0) is 31.0 Å². The normalized spacial score (nSPS) is 17.0. The average molecular weight is 321 g/mol. The Balaban J connectivity index is 1.94. The van der Waals surface area contributed by atoms with Crippen LogP contribution in [-0.4, -0.2) is 60.7 Å². The second kappa shape index (κ2) is 7.21. The van der Waals surface area contributed by atoms with E-state index in [9.17, 15) is 18.8 Å². The molecular formula is C16H20FN3O3. The number of halogens is 1. The molecule has 0 spiro atoms. The maximum atomic E-state index is 13.1. The molecule has 1 unspecified atom stereocenters. The first-order valence-electron chi connectivity index (χ1n) is 7.44. The first kappa shape index (κ1) is 16.9. The van der Waals surface area contributed by atoms with Crippen LogP contribution in [-0.2, 0) is 9.59 Å². The number of benzene rings is 1. The van der Waals surface area contributed by atoms with E-state index in [1.807, 2.05) is 0 Å². The molecule has 0 aliphatic carbocycles. The minimum absolute atomic E-state index is 0.118. The summed E-state index contributed by atoms with van der Waals surface area (Å²) in [6, 6.07) is 4.77. The van der Waals surface area contributed by atoms with Crippen molar-refractivity contribution in [2.45, 2.75) is 18.9 Å². The maximum absolute atomic E-state index is 13.1. The molecule has 1 aromatic carbocycles. The summed E-state index contributed by atoms with van der Waals surface area (Å²) >= 11 is 0. The Bertz CT molecular complexity index is 618. The van der Waals surface area contributed by atoms with Gasteiger partial charge in [0.15, 0.2) is 0 Å². The highest BCUT2D eigenvalue weighted by atomic mass is 19.1. The molecule has 6 nitrogen and oxygen atoms in total. The summed E-state index contributed by atoms with van der Waals surface area (Å²) in [5, 5.41) is 2.47. The van der Waals surface area contributed by atoms with Crippen LogP contribution in [0.25, 0.3) is 0 Å². The predicted octanol–water partition coefficient (Wildman–Crippen LogP) is 0.635. The van der Waals surface area contributed by atoms with Crippen molar-refractivity contribution in [1.29, 1.82) is 0 Å². The fourth-order valence-corrected chi connectivity index (χ4v) is 2.61. The third-order valence-corrected chi connectivity index (χ3v) is 3.79.